The molecule has 33 heavy (non-hydrogen) atoms. The van der Waals surface area contributed by atoms with Crippen molar-refractivity contribution >= 4 is 23.3 Å². The van der Waals surface area contributed by atoms with E-state index in [9.17, 15) is 9.18 Å². The van der Waals surface area contributed by atoms with Crippen molar-refractivity contribution in [2.24, 2.45) is 5.92 Å². The number of hydrogen-bond acceptors (Lipinski definition) is 6. The highest BCUT2D eigenvalue weighted by Crippen LogP contribution is 2.34. The third-order valence-corrected chi connectivity index (χ3v) is 6.31. The molecule has 1 saturated heterocycles. The molecule has 0 saturated carbocycles. The molecule has 0 unspecified atom stereocenters. The van der Waals surface area contributed by atoms with Crippen LogP contribution in [0.5, 0.6) is 0 Å². The maximum absolute atomic E-state index is 14.0. The van der Waals surface area contributed by atoms with Crippen molar-refractivity contribution in [3.8, 4) is 0 Å². The number of aryl methyl sites for hydroxylation is 1. The predicted molar refractivity (Wildman–Crippen MR) is 125 cm³/mol. The number of halogens is 1. The van der Waals surface area contributed by atoms with Crippen LogP contribution in [-0.2, 0) is 9.53 Å². The molecule has 2 aromatic rings. The molecule has 8 heteroatoms. The minimum Gasteiger partial charge on any atom is -0.480 e. The number of hydrogen-bond donors (Lipinski definition) is 1. The first-order valence-corrected chi connectivity index (χ1v) is 11.6. The van der Waals surface area contributed by atoms with Gasteiger partial charge in [-0.25, -0.2) is 14.2 Å². The summed E-state index contributed by atoms with van der Waals surface area (Å²) in [5, 5.41) is 8.73. The number of benzene rings is 1. The Labute approximate surface area is 193 Å². The lowest BCUT2D eigenvalue weighted by molar-refractivity contribution is -0.142. The van der Waals surface area contributed by atoms with Crippen LogP contribution >= 0.6 is 0 Å². The van der Waals surface area contributed by atoms with Crippen LogP contribution in [0.15, 0.2) is 42.4 Å². The third kappa shape index (κ3) is 5.87. The largest absolute Gasteiger partial charge is 0.480 e. The summed E-state index contributed by atoms with van der Waals surface area (Å²) in [6.07, 6.45) is 11.9. The van der Waals surface area contributed by atoms with Gasteiger partial charge in [-0.3, -0.25) is 9.88 Å². The molecule has 1 N–H and O–H groups in total. The van der Waals surface area contributed by atoms with E-state index in [4.69, 9.17) is 14.8 Å². The van der Waals surface area contributed by atoms with Crippen LogP contribution < -0.4 is 9.80 Å². The molecular formula is C25H31FN4O3. The molecule has 2 heterocycles. The van der Waals surface area contributed by atoms with E-state index in [0.29, 0.717) is 18.1 Å². The lowest BCUT2D eigenvalue weighted by atomic mass is 9.98. The zero-order valence-corrected chi connectivity index (χ0v) is 19.0. The molecule has 4 rings (SSSR count). The average Bonchev–Trinajstić information content (AvgIpc) is 2.83. The minimum atomic E-state index is -0.937. The zero-order chi connectivity index (χ0) is 23.2. The number of ether oxygens (including phenoxy) is 1. The Morgan fingerprint density at radius 3 is 2.79 bits per heavy atom. The van der Waals surface area contributed by atoms with Gasteiger partial charge in [-0.05, 0) is 75.1 Å². The summed E-state index contributed by atoms with van der Waals surface area (Å²) in [7, 11) is 0. The average molecular weight is 455 g/mol. The first kappa shape index (κ1) is 23.2. The van der Waals surface area contributed by atoms with Gasteiger partial charge in [0.25, 0.3) is 0 Å². The van der Waals surface area contributed by atoms with E-state index in [2.05, 4.69) is 20.9 Å². The molecular weight excluding hydrogens is 423 g/mol. The second-order valence-corrected chi connectivity index (χ2v) is 8.78. The standard InChI is InChI=1S/C25H31FN4O3/c1-18-13-21(7-8-22(18)26)30(20-5-3-2-4-6-20)24-15-27-14-23(28-24)29-11-9-19(10-12-29)16-33-17-25(31)32/h5,7-8,13-15,19H,2-4,6,9-12,16-17H2,1H3,(H,31,32). The van der Waals surface area contributed by atoms with Crippen molar-refractivity contribution < 1.29 is 19.0 Å². The fourth-order valence-electron chi connectivity index (χ4n) is 4.48. The van der Waals surface area contributed by atoms with Crippen molar-refractivity contribution in [2.75, 3.05) is 36.1 Å². The van der Waals surface area contributed by atoms with Gasteiger partial charge in [0.2, 0.25) is 0 Å². The number of carboxylic acid groups (broad SMARTS) is 1. The number of carboxylic acids is 1. The van der Waals surface area contributed by atoms with Gasteiger partial charge in [0, 0.05) is 24.5 Å². The predicted octanol–water partition coefficient (Wildman–Crippen LogP) is 4.84. The van der Waals surface area contributed by atoms with Gasteiger partial charge in [-0.1, -0.05) is 6.08 Å². The van der Waals surface area contributed by atoms with Gasteiger partial charge in [0.1, 0.15) is 18.2 Å². The Morgan fingerprint density at radius 2 is 2.09 bits per heavy atom. The summed E-state index contributed by atoms with van der Waals surface area (Å²) in [6.45, 7) is 3.63. The number of aliphatic carboxylic acids is 1. The van der Waals surface area contributed by atoms with Crippen molar-refractivity contribution in [1.82, 2.24) is 9.97 Å². The first-order valence-electron chi connectivity index (χ1n) is 11.6. The van der Waals surface area contributed by atoms with Crippen LogP contribution in [0.25, 0.3) is 0 Å². The lowest BCUT2D eigenvalue weighted by Crippen LogP contribution is -2.36. The summed E-state index contributed by atoms with van der Waals surface area (Å²) < 4.78 is 19.2. The van der Waals surface area contributed by atoms with Crippen LogP contribution in [0.1, 0.15) is 44.1 Å². The molecule has 1 aliphatic carbocycles. The smallest absolute Gasteiger partial charge is 0.329 e. The highest BCUT2D eigenvalue weighted by molar-refractivity contribution is 5.68. The Hall–Kier alpha value is -3.00. The normalized spacial score (nSPS) is 17.0. The number of aromatic nitrogens is 2. The zero-order valence-electron chi connectivity index (χ0n) is 19.0. The number of allylic oxidation sites excluding steroid dienone is 2. The van der Waals surface area contributed by atoms with E-state index in [0.717, 1.165) is 62.5 Å². The molecule has 0 radical (unpaired) electrons. The molecule has 7 nitrogen and oxygen atoms in total. The summed E-state index contributed by atoms with van der Waals surface area (Å²) in [4.78, 5) is 24.4. The van der Waals surface area contributed by atoms with Crippen LogP contribution in [0.4, 0.5) is 21.7 Å². The second-order valence-electron chi connectivity index (χ2n) is 8.78. The molecule has 2 aliphatic rings. The Kier molecular flexibility index (Phi) is 7.54. The van der Waals surface area contributed by atoms with E-state index < -0.39 is 5.97 Å². The van der Waals surface area contributed by atoms with Gasteiger partial charge in [-0.2, -0.15) is 0 Å². The van der Waals surface area contributed by atoms with Crippen molar-refractivity contribution in [1.29, 1.82) is 0 Å². The molecule has 176 valence electrons. The first-order chi connectivity index (χ1) is 16.0. The molecule has 1 aliphatic heterocycles. The summed E-state index contributed by atoms with van der Waals surface area (Å²) in [6, 6.07) is 5.17. The second kappa shape index (κ2) is 10.7. The van der Waals surface area contributed by atoms with Crippen LogP contribution in [0.2, 0.25) is 0 Å². The topological polar surface area (TPSA) is 78.8 Å². The van der Waals surface area contributed by atoms with E-state index >= 15 is 0 Å². The summed E-state index contributed by atoms with van der Waals surface area (Å²) >= 11 is 0. The Balaban J connectivity index is 1.52. The molecule has 0 spiro atoms. The van der Waals surface area contributed by atoms with E-state index in [1.165, 1.54) is 18.2 Å². The fraction of sp³-hybridized carbons (Fsp3) is 0.480. The van der Waals surface area contributed by atoms with Crippen LogP contribution in [0, 0.1) is 18.7 Å². The summed E-state index contributed by atoms with van der Waals surface area (Å²) in [5.74, 6) is 0.749. The maximum Gasteiger partial charge on any atom is 0.329 e. The highest BCUT2D eigenvalue weighted by Gasteiger charge is 2.23. The lowest BCUT2D eigenvalue weighted by Gasteiger charge is -2.33. The van der Waals surface area contributed by atoms with Crippen LogP contribution in [-0.4, -0.2) is 47.3 Å². The number of carbonyl (C=O) groups is 1. The quantitative estimate of drug-likeness (QED) is 0.612. The molecule has 1 aromatic heterocycles. The van der Waals surface area contributed by atoms with Gasteiger partial charge >= 0.3 is 5.97 Å². The van der Waals surface area contributed by atoms with Gasteiger partial charge in [0.15, 0.2) is 5.82 Å². The SMILES string of the molecule is Cc1cc(N(C2=CCCCC2)c2cncc(N3CCC(COCC(=O)O)CC3)n2)ccc1F. The molecule has 1 aromatic carbocycles. The molecule has 0 bridgehead atoms. The monoisotopic (exact) mass is 454 g/mol. The third-order valence-electron chi connectivity index (χ3n) is 6.31. The van der Waals surface area contributed by atoms with E-state index in [1.54, 1.807) is 25.4 Å². The highest BCUT2D eigenvalue weighted by atomic mass is 19.1. The van der Waals surface area contributed by atoms with E-state index in [-0.39, 0.29) is 12.4 Å². The van der Waals surface area contributed by atoms with Gasteiger partial charge in [-0.15, -0.1) is 0 Å². The van der Waals surface area contributed by atoms with E-state index in [1.807, 2.05) is 6.07 Å². The molecule has 1 fully saturated rings. The molecule has 0 amide bonds. The molecule has 0 atom stereocenters. The van der Waals surface area contributed by atoms with Gasteiger partial charge < -0.3 is 14.7 Å². The minimum absolute atomic E-state index is 0.216. The van der Waals surface area contributed by atoms with Crippen LogP contribution in [0.3, 0.4) is 0 Å². The Morgan fingerprint density at radius 1 is 1.27 bits per heavy atom. The van der Waals surface area contributed by atoms with Gasteiger partial charge in [0.05, 0.1) is 19.0 Å². The van der Waals surface area contributed by atoms with Crippen molar-refractivity contribution in [3.63, 3.8) is 0 Å². The van der Waals surface area contributed by atoms with Crippen molar-refractivity contribution in [3.05, 3.63) is 53.7 Å². The number of piperidine rings is 1. The Bertz CT molecular complexity index is 1000. The number of rotatable bonds is 8. The van der Waals surface area contributed by atoms with Crippen molar-refractivity contribution in [2.45, 2.75) is 45.4 Å². The maximum atomic E-state index is 14.0. The number of anilines is 3. The fourth-order valence-corrected chi connectivity index (χ4v) is 4.48. The number of nitrogens with zero attached hydrogens (tertiary/aromatic N) is 4. The summed E-state index contributed by atoms with van der Waals surface area (Å²) in [5.41, 5.74) is 2.67.